The molecule has 2 rings (SSSR count). The van der Waals surface area contributed by atoms with Crippen LogP contribution in [0.1, 0.15) is 35.3 Å². The first-order valence-electron chi connectivity index (χ1n) is 8.59. The molecule has 0 bridgehead atoms. The minimum absolute atomic E-state index is 0.0495. The summed E-state index contributed by atoms with van der Waals surface area (Å²) in [6.07, 6.45) is 3.31. The van der Waals surface area contributed by atoms with Crippen LogP contribution in [0.2, 0.25) is 0 Å². The SMILES string of the molecule is CC[NH+](CC)Cc1cc(C(=O)/C=C/c2ccc(O)cc2)ccc1OC. The molecule has 2 N–H and O–H groups in total. The van der Waals surface area contributed by atoms with E-state index in [0.717, 1.165) is 36.5 Å². The molecule has 2 aromatic rings. The first kappa shape index (κ1) is 18.7. The van der Waals surface area contributed by atoms with Crippen LogP contribution in [0.25, 0.3) is 6.08 Å². The molecule has 0 aliphatic rings. The molecule has 0 heterocycles. The van der Waals surface area contributed by atoms with Crippen molar-refractivity contribution in [3.05, 3.63) is 65.2 Å². The van der Waals surface area contributed by atoms with Crippen LogP contribution in [-0.2, 0) is 6.54 Å². The Kier molecular flexibility index (Phi) is 6.78. The molecule has 132 valence electrons. The Bertz CT molecular complexity index is 731. The molecule has 0 aliphatic heterocycles. The number of ketones is 1. The summed E-state index contributed by atoms with van der Waals surface area (Å²) in [7, 11) is 1.66. The van der Waals surface area contributed by atoms with E-state index in [0.29, 0.717) is 5.56 Å². The molecule has 2 aromatic carbocycles. The van der Waals surface area contributed by atoms with E-state index >= 15 is 0 Å². The van der Waals surface area contributed by atoms with Crippen LogP contribution < -0.4 is 9.64 Å². The smallest absolute Gasteiger partial charge is 0.185 e. The fraction of sp³-hybridized carbons (Fsp3) is 0.286. The number of hydrogen-bond acceptors (Lipinski definition) is 3. The van der Waals surface area contributed by atoms with Crippen LogP contribution in [0.15, 0.2) is 48.5 Å². The predicted molar refractivity (Wildman–Crippen MR) is 100 cm³/mol. The van der Waals surface area contributed by atoms with Crippen LogP contribution >= 0.6 is 0 Å². The van der Waals surface area contributed by atoms with Gasteiger partial charge in [0.15, 0.2) is 5.78 Å². The van der Waals surface area contributed by atoms with E-state index in [1.807, 2.05) is 12.1 Å². The van der Waals surface area contributed by atoms with Crippen molar-refractivity contribution < 1.29 is 19.5 Å². The van der Waals surface area contributed by atoms with E-state index in [4.69, 9.17) is 4.74 Å². The number of nitrogens with one attached hydrogen (secondary N) is 1. The molecule has 0 fully saturated rings. The molecule has 0 aliphatic carbocycles. The number of carbonyl (C=O) groups is 1. The maximum absolute atomic E-state index is 12.5. The average Bonchev–Trinajstić information content (AvgIpc) is 2.65. The zero-order chi connectivity index (χ0) is 18.2. The molecule has 0 saturated carbocycles. The van der Waals surface area contributed by atoms with Gasteiger partial charge >= 0.3 is 0 Å². The van der Waals surface area contributed by atoms with E-state index in [1.165, 1.54) is 4.90 Å². The van der Waals surface area contributed by atoms with Crippen molar-refractivity contribution in [2.24, 2.45) is 0 Å². The summed E-state index contributed by atoms with van der Waals surface area (Å²) in [6, 6.07) is 12.3. The molecular weight excluding hydrogens is 314 g/mol. The zero-order valence-electron chi connectivity index (χ0n) is 15.1. The topological polar surface area (TPSA) is 51.0 Å². The number of carbonyl (C=O) groups excluding carboxylic acids is 1. The molecule has 4 nitrogen and oxygen atoms in total. The highest BCUT2D eigenvalue weighted by Gasteiger charge is 2.13. The van der Waals surface area contributed by atoms with Crippen LogP contribution in [-0.4, -0.2) is 31.1 Å². The van der Waals surface area contributed by atoms with Gasteiger partial charge in [0, 0.05) is 11.1 Å². The van der Waals surface area contributed by atoms with Gasteiger partial charge in [0.1, 0.15) is 18.0 Å². The lowest BCUT2D eigenvalue weighted by Gasteiger charge is -2.17. The second-order valence-corrected chi connectivity index (χ2v) is 5.95. The first-order valence-corrected chi connectivity index (χ1v) is 8.59. The normalized spacial score (nSPS) is 11.2. The molecule has 0 radical (unpaired) electrons. The quantitative estimate of drug-likeness (QED) is 0.574. The van der Waals surface area contributed by atoms with Crippen molar-refractivity contribution in [2.45, 2.75) is 20.4 Å². The standard InChI is InChI=1S/C21H25NO3/c1-4-22(5-2)15-18-14-17(9-13-21(18)25-3)20(24)12-8-16-6-10-19(23)11-7-16/h6-14,23H,4-5,15H2,1-3H3/p+1/b12-8+. The van der Waals surface area contributed by atoms with Gasteiger partial charge in [0.05, 0.1) is 20.2 Å². The minimum Gasteiger partial charge on any atom is -0.508 e. The van der Waals surface area contributed by atoms with Crippen LogP contribution in [0.3, 0.4) is 0 Å². The lowest BCUT2D eigenvalue weighted by atomic mass is 10.0. The van der Waals surface area contributed by atoms with Crippen LogP contribution in [0.4, 0.5) is 0 Å². The zero-order valence-corrected chi connectivity index (χ0v) is 15.1. The van der Waals surface area contributed by atoms with Gasteiger partial charge in [-0.2, -0.15) is 0 Å². The number of phenolic OH excluding ortho intramolecular Hbond substituents is 1. The number of aromatic hydroxyl groups is 1. The molecule has 25 heavy (non-hydrogen) atoms. The Morgan fingerprint density at radius 2 is 1.80 bits per heavy atom. The van der Waals surface area contributed by atoms with E-state index in [1.54, 1.807) is 49.6 Å². The third-order valence-corrected chi connectivity index (χ3v) is 4.33. The first-order chi connectivity index (χ1) is 12.1. The highest BCUT2D eigenvalue weighted by Crippen LogP contribution is 2.20. The Labute approximate surface area is 149 Å². The van der Waals surface area contributed by atoms with Crippen molar-refractivity contribution in [1.82, 2.24) is 0 Å². The van der Waals surface area contributed by atoms with E-state index < -0.39 is 0 Å². The summed E-state index contributed by atoms with van der Waals surface area (Å²) in [5.74, 6) is 0.979. The predicted octanol–water partition coefficient (Wildman–Crippen LogP) is 2.72. The molecule has 4 heteroatoms. The van der Waals surface area contributed by atoms with Crippen molar-refractivity contribution >= 4 is 11.9 Å². The van der Waals surface area contributed by atoms with E-state index in [9.17, 15) is 9.90 Å². The van der Waals surface area contributed by atoms with Crippen LogP contribution in [0.5, 0.6) is 11.5 Å². The lowest BCUT2D eigenvalue weighted by molar-refractivity contribution is -0.910. The van der Waals surface area contributed by atoms with Crippen molar-refractivity contribution in [2.75, 3.05) is 20.2 Å². The number of rotatable bonds is 8. The number of methoxy groups -OCH3 is 1. The maximum Gasteiger partial charge on any atom is 0.185 e. The Balaban J connectivity index is 2.20. The molecule has 0 amide bonds. The molecule has 0 unspecified atom stereocenters. The fourth-order valence-electron chi connectivity index (χ4n) is 2.69. The third kappa shape index (κ3) is 5.19. The maximum atomic E-state index is 12.5. The largest absolute Gasteiger partial charge is 0.508 e. The Hall–Kier alpha value is -2.59. The number of quaternary nitrogens is 1. The van der Waals surface area contributed by atoms with Gasteiger partial charge < -0.3 is 14.7 Å². The van der Waals surface area contributed by atoms with Gasteiger partial charge in [-0.05, 0) is 55.8 Å². The summed E-state index contributed by atoms with van der Waals surface area (Å²) < 4.78 is 5.44. The van der Waals surface area contributed by atoms with Crippen molar-refractivity contribution in [3.63, 3.8) is 0 Å². The highest BCUT2D eigenvalue weighted by molar-refractivity contribution is 6.07. The minimum atomic E-state index is -0.0495. The van der Waals surface area contributed by atoms with E-state index in [-0.39, 0.29) is 11.5 Å². The van der Waals surface area contributed by atoms with Crippen molar-refractivity contribution in [1.29, 1.82) is 0 Å². The summed E-state index contributed by atoms with van der Waals surface area (Å²) in [6.45, 7) is 7.19. The van der Waals surface area contributed by atoms with Gasteiger partial charge in [0.25, 0.3) is 0 Å². The number of phenols is 1. The molecule has 0 saturated heterocycles. The number of hydrogen-bond donors (Lipinski definition) is 2. The Morgan fingerprint density at radius 3 is 2.40 bits per heavy atom. The van der Waals surface area contributed by atoms with Crippen LogP contribution in [0, 0.1) is 0 Å². The summed E-state index contributed by atoms with van der Waals surface area (Å²) in [4.78, 5) is 13.9. The van der Waals surface area contributed by atoms with Crippen molar-refractivity contribution in [3.8, 4) is 11.5 Å². The summed E-state index contributed by atoms with van der Waals surface area (Å²) in [5.41, 5.74) is 2.56. The van der Waals surface area contributed by atoms with E-state index in [2.05, 4.69) is 13.8 Å². The number of benzene rings is 2. The molecular formula is C21H26NO3+. The Morgan fingerprint density at radius 1 is 1.12 bits per heavy atom. The highest BCUT2D eigenvalue weighted by atomic mass is 16.5. The number of ether oxygens (including phenoxy) is 1. The molecule has 0 aromatic heterocycles. The van der Waals surface area contributed by atoms with Gasteiger partial charge in [-0.15, -0.1) is 0 Å². The molecule has 0 spiro atoms. The summed E-state index contributed by atoms with van der Waals surface area (Å²) in [5, 5.41) is 9.30. The fourth-order valence-corrected chi connectivity index (χ4v) is 2.69. The van der Waals surface area contributed by atoms with Gasteiger partial charge in [0.2, 0.25) is 0 Å². The molecule has 0 atom stereocenters. The third-order valence-electron chi connectivity index (χ3n) is 4.33. The second-order valence-electron chi connectivity index (χ2n) is 5.95. The lowest BCUT2D eigenvalue weighted by Crippen LogP contribution is -3.10. The van der Waals surface area contributed by atoms with Gasteiger partial charge in [-0.1, -0.05) is 18.2 Å². The second kappa shape index (κ2) is 9.04. The summed E-state index contributed by atoms with van der Waals surface area (Å²) >= 11 is 0. The average molecular weight is 340 g/mol. The van der Waals surface area contributed by atoms with Gasteiger partial charge in [-0.3, -0.25) is 4.79 Å². The number of allylic oxidation sites excluding steroid dienone is 1. The monoisotopic (exact) mass is 340 g/mol. The van der Waals surface area contributed by atoms with Gasteiger partial charge in [-0.25, -0.2) is 0 Å².